The molecule has 2 atom stereocenters. The number of halogens is 2. The summed E-state index contributed by atoms with van der Waals surface area (Å²) in [4.78, 5) is 6.90. The lowest BCUT2D eigenvalue weighted by atomic mass is 10.1. The molecule has 0 aliphatic carbocycles. The van der Waals surface area contributed by atoms with Crippen molar-refractivity contribution >= 4 is 41.5 Å². The molecule has 1 aromatic carbocycles. The van der Waals surface area contributed by atoms with E-state index in [9.17, 15) is 0 Å². The zero-order chi connectivity index (χ0) is 20.3. The summed E-state index contributed by atoms with van der Waals surface area (Å²) in [5.74, 6) is 0.829. The number of nitrogens with zero attached hydrogens (tertiary/aromatic N) is 2. The molecule has 8 heteroatoms. The van der Waals surface area contributed by atoms with Crippen molar-refractivity contribution in [3.8, 4) is 0 Å². The highest BCUT2D eigenvalue weighted by molar-refractivity contribution is 14.0. The van der Waals surface area contributed by atoms with Crippen molar-refractivity contribution in [2.24, 2.45) is 4.99 Å². The quantitative estimate of drug-likeness (QED) is 0.201. The lowest BCUT2D eigenvalue weighted by molar-refractivity contribution is 0.0168. The molecule has 3 rings (SSSR count). The Morgan fingerprint density at radius 1 is 1.30 bits per heavy atom. The van der Waals surface area contributed by atoms with Gasteiger partial charge < -0.3 is 20.1 Å². The van der Waals surface area contributed by atoms with Gasteiger partial charge in [-0.15, -0.1) is 24.0 Å². The van der Waals surface area contributed by atoms with Crippen LogP contribution in [0.3, 0.4) is 0 Å². The molecule has 2 aliphatic rings. The highest BCUT2D eigenvalue weighted by Gasteiger charge is 2.23. The van der Waals surface area contributed by atoms with Gasteiger partial charge in [-0.1, -0.05) is 23.7 Å². The molecule has 6 nitrogen and oxygen atoms in total. The lowest BCUT2D eigenvalue weighted by Crippen LogP contribution is -2.43. The minimum absolute atomic E-state index is 0. The number of hydrogen-bond acceptors (Lipinski definition) is 4. The SMILES string of the molecule is CN=C(NCCCOCC1CCCO1)NCC(c1cccc(Cl)c1)N1CCCC1.I. The minimum Gasteiger partial charge on any atom is -0.379 e. The maximum Gasteiger partial charge on any atom is 0.191 e. The second kappa shape index (κ2) is 14.5. The summed E-state index contributed by atoms with van der Waals surface area (Å²) in [6.07, 6.45) is 6.04. The first-order valence-electron chi connectivity index (χ1n) is 10.9. The molecule has 2 unspecified atom stereocenters. The van der Waals surface area contributed by atoms with Gasteiger partial charge in [0, 0.05) is 38.4 Å². The van der Waals surface area contributed by atoms with Crippen LogP contribution in [0.15, 0.2) is 29.3 Å². The molecule has 0 bridgehead atoms. The first-order valence-corrected chi connectivity index (χ1v) is 11.3. The molecule has 0 spiro atoms. The van der Waals surface area contributed by atoms with Gasteiger partial charge in [0.15, 0.2) is 5.96 Å². The number of nitrogens with one attached hydrogen (secondary N) is 2. The summed E-state index contributed by atoms with van der Waals surface area (Å²) in [5, 5.41) is 7.67. The average Bonchev–Trinajstić information content (AvgIpc) is 3.43. The molecule has 2 aliphatic heterocycles. The van der Waals surface area contributed by atoms with E-state index < -0.39 is 0 Å². The molecule has 0 aromatic heterocycles. The monoisotopic (exact) mass is 550 g/mol. The van der Waals surface area contributed by atoms with Crippen LogP contribution in [-0.2, 0) is 9.47 Å². The molecule has 0 amide bonds. The highest BCUT2D eigenvalue weighted by Crippen LogP contribution is 2.26. The summed E-state index contributed by atoms with van der Waals surface area (Å²) in [5.41, 5.74) is 1.25. The van der Waals surface area contributed by atoms with E-state index in [2.05, 4.69) is 32.7 Å². The zero-order valence-corrected chi connectivity index (χ0v) is 21.0. The number of aliphatic imine (C=N–C) groups is 1. The largest absolute Gasteiger partial charge is 0.379 e. The van der Waals surface area contributed by atoms with Gasteiger partial charge in [-0.25, -0.2) is 0 Å². The van der Waals surface area contributed by atoms with Crippen molar-refractivity contribution in [2.45, 2.75) is 44.2 Å². The summed E-state index contributed by atoms with van der Waals surface area (Å²) in [7, 11) is 1.81. The molecule has 2 N–H and O–H groups in total. The van der Waals surface area contributed by atoms with E-state index in [1.54, 1.807) is 0 Å². The Morgan fingerprint density at radius 2 is 2.13 bits per heavy atom. The summed E-state index contributed by atoms with van der Waals surface area (Å²) < 4.78 is 11.3. The molecule has 2 saturated heterocycles. The third-order valence-electron chi connectivity index (χ3n) is 5.59. The number of rotatable bonds is 10. The van der Waals surface area contributed by atoms with E-state index in [0.717, 1.165) is 69.6 Å². The molecule has 2 fully saturated rings. The van der Waals surface area contributed by atoms with Crippen molar-refractivity contribution < 1.29 is 9.47 Å². The van der Waals surface area contributed by atoms with E-state index >= 15 is 0 Å². The first-order chi connectivity index (χ1) is 14.3. The molecule has 170 valence electrons. The third kappa shape index (κ3) is 8.49. The van der Waals surface area contributed by atoms with Gasteiger partial charge in [0.2, 0.25) is 0 Å². The number of likely N-dealkylation sites (tertiary alicyclic amines) is 1. The number of benzene rings is 1. The van der Waals surface area contributed by atoms with Gasteiger partial charge in [0.1, 0.15) is 0 Å². The average molecular weight is 551 g/mol. The van der Waals surface area contributed by atoms with Crippen LogP contribution in [0.4, 0.5) is 0 Å². The first kappa shape index (κ1) is 25.6. The van der Waals surface area contributed by atoms with Crippen LogP contribution in [0.5, 0.6) is 0 Å². The Labute approximate surface area is 203 Å². The Hall–Kier alpha value is -0.610. The van der Waals surface area contributed by atoms with Gasteiger partial charge in [-0.2, -0.15) is 0 Å². The Morgan fingerprint density at radius 3 is 2.83 bits per heavy atom. The molecular formula is C22H36ClIN4O2. The fourth-order valence-electron chi connectivity index (χ4n) is 4.01. The predicted octanol–water partition coefficient (Wildman–Crippen LogP) is 3.85. The number of guanidine groups is 1. The van der Waals surface area contributed by atoms with E-state index in [1.807, 2.05) is 19.2 Å². The molecule has 2 heterocycles. The summed E-state index contributed by atoms with van der Waals surface area (Å²) in [6, 6.07) is 8.50. The smallest absolute Gasteiger partial charge is 0.191 e. The van der Waals surface area contributed by atoms with E-state index in [-0.39, 0.29) is 24.0 Å². The fourth-order valence-corrected chi connectivity index (χ4v) is 4.21. The summed E-state index contributed by atoms with van der Waals surface area (Å²) >= 11 is 6.24. The third-order valence-corrected chi connectivity index (χ3v) is 5.82. The number of hydrogen-bond donors (Lipinski definition) is 2. The van der Waals surface area contributed by atoms with Crippen LogP contribution in [0.1, 0.15) is 43.7 Å². The highest BCUT2D eigenvalue weighted by atomic mass is 127. The second-order valence-electron chi connectivity index (χ2n) is 7.76. The van der Waals surface area contributed by atoms with Gasteiger partial charge in [-0.3, -0.25) is 9.89 Å². The Balaban J connectivity index is 0.00000320. The lowest BCUT2D eigenvalue weighted by Gasteiger charge is -2.29. The van der Waals surface area contributed by atoms with Crippen molar-refractivity contribution in [3.63, 3.8) is 0 Å². The van der Waals surface area contributed by atoms with E-state index in [1.165, 1.54) is 18.4 Å². The summed E-state index contributed by atoms with van der Waals surface area (Å²) in [6.45, 7) is 6.23. The van der Waals surface area contributed by atoms with E-state index in [4.69, 9.17) is 21.1 Å². The van der Waals surface area contributed by atoms with Gasteiger partial charge in [0.25, 0.3) is 0 Å². The molecule has 30 heavy (non-hydrogen) atoms. The Kier molecular flexibility index (Phi) is 12.4. The number of ether oxygens (including phenoxy) is 2. The van der Waals surface area contributed by atoms with Crippen molar-refractivity contribution in [1.29, 1.82) is 0 Å². The van der Waals surface area contributed by atoms with Crippen LogP contribution in [0.2, 0.25) is 5.02 Å². The van der Waals surface area contributed by atoms with Crippen molar-refractivity contribution in [1.82, 2.24) is 15.5 Å². The minimum atomic E-state index is 0. The normalized spacial score (nSPS) is 20.7. The topological polar surface area (TPSA) is 58.1 Å². The fraction of sp³-hybridized carbons (Fsp3) is 0.682. The van der Waals surface area contributed by atoms with Crippen LogP contribution in [0, 0.1) is 0 Å². The zero-order valence-electron chi connectivity index (χ0n) is 17.9. The van der Waals surface area contributed by atoms with Crippen LogP contribution in [0.25, 0.3) is 0 Å². The van der Waals surface area contributed by atoms with Crippen LogP contribution >= 0.6 is 35.6 Å². The van der Waals surface area contributed by atoms with E-state index in [0.29, 0.717) is 18.8 Å². The molecule has 0 radical (unpaired) electrons. The standard InChI is InChI=1S/C22H35ClN4O2.HI/c1-24-22(25-10-6-13-28-17-20-9-5-14-29-20)26-16-21(27-11-2-3-12-27)18-7-4-8-19(23)15-18;/h4,7-8,15,20-21H,2-3,5-6,9-14,16-17H2,1H3,(H2,24,25,26);1H. The van der Waals surface area contributed by atoms with Gasteiger partial charge in [0.05, 0.1) is 18.8 Å². The predicted molar refractivity (Wildman–Crippen MR) is 134 cm³/mol. The van der Waals surface area contributed by atoms with Gasteiger partial charge >= 0.3 is 0 Å². The second-order valence-corrected chi connectivity index (χ2v) is 8.19. The van der Waals surface area contributed by atoms with Crippen LogP contribution < -0.4 is 10.6 Å². The van der Waals surface area contributed by atoms with Crippen molar-refractivity contribution in [3.05, 3.63) is 34.9 Å². The Bertz CT molecular complexity index is 637. The molecular weight excluding hydrogens is 515 g/mol. The molecule has 0 saturated carbocycles. The van der Waals surface area contributed by atoms with Gasteiger partial charge in [-0.05, 0) is 62.9 Å². The molecule has 1 aromatic rings. The van der Waals surface area contributed by atoms with Crippen molar-refractivity contribution in [2.75, 3.05) is 53.0 Å². The maximum absolute atomic E-state index is 6.24. The van der Waals surface area contributed by atoms with Crippen LogP contribution in [-0.4, -0.2) is 70.0 Å². The maximum atomic E-state index is 6.24.